The molecular weight excluding hydrogens is 319 g/mol. The number of hydrogen-bond acceptors (Lipinski definition) is 3. The second kappa shape index (κ2) is 7.78. The lowest BCUT2D eigenvalue weighted by Gasteiger charge is -2.34. The van der Waals surface area contributed by atoms with Crippen molar-refractivity contribution < 1.29 is 9.18 Å². The molecule has 2 aromatic rings. The molecule has 6 heteroatoms. The fraction of sp³-hybridized carbons (Fsp3) is 0.474. The van der Waals surface area contributed by atoms with E-state index >= 15 is 0 Å². The van der Waals surface area contributed by atoms with Gasteiger partial charge in [-0.15, -0.1) is 0 Å². The average molecular weight is 344 g/mol. The second-order valence-corrected chi connectivity index (χ2v) is 7.02. The number of carbonyl (C=O) groups is 1. The van der Waals surface area contributed by atoms with Gasteiger partial charge < -0.3 is 9.88 Å². The molecule has 2 heterocycles. The van der Waals surface area contributed by atoms with Gasteiger partial charge in [0, 0.05) is 50.5 Å². The molecule has 5 nitrogen and oxygen atoms in total. The minimum atomic E-state index is -0.253. The van der Waals surface area contributed by atoms with Crippen molar-refractivity contribution in [2.45, 2.75) is 39.4 Å². The molecule has 1 aromatic heterocycles. The molecule has 1 N–H and O–H groups in total. The molecule has 0 bridgehead atoms. The van der Waals surface area contributed by atoms with Crippen molar-refractivity contribution in [2.24, 2.45) is 5.92 Å². The first-order valence-corrected chi connectivity index (χ1v) is 8.76. The molecule has 0 unspecified atom stereocenters. The van der Waals surface area contributed by atoms with E-state index in [1.165, 1.54) is 12.1 Å². The smallest absolute Gasteiger partial charge is 0.224 e. The predicted octanol–water partition coefficient (Wildman–Crippen LogP) is 2.81. The minimum absolute atomic E-state index is 0.128. The Labute approximate surface area is 147 Å². The molecule has 1 amide bonds. The number of amides is 1. The number of nitrogens with zero attached hydrogens (tertiary/aromatic N) is 3. The zero-order valence-electron chi connectivity index (χ0n) is 14.8. The maximum atomic E-state index is 13.1. The standard InChI is InChI=1S/C19H25FN4O/c1-14(2)18-12-23(11-17-9-21-13-22-17)8-7-19(25)24(18)10-15-3-5-16(20)6-4-15/h3-6,9,13-14,18H,7-8,10-12H2,1-2H3,(H,21,22)/t18-/m0/s1. The molecule has 1 aliphatic rings. The van der Waals surface area contributed by atoms with E-state index in [2.05, 4.69) is 28.7 Å². The van der Waals surface area contributed by atoms with Crippen molar-refractivity contribution in [3.8, 4) is 0 Å². The normalized spacial score (nSPS) is 19.4. The summed E-state index contributed by atoms with van der Waals surface area (Å²) in [5, 5.41) is 0. The highest BCUT2D eigenvalue weighted by molar-refractivity contribution is 5.77. The Balaban J connectivity index is 1.76. The monoisotopic (exact) mass is 344 g/mol. The summed E-state index contributed by atoms with van der Waals surface area (Å²) in [7, 11) is 0. The fourth-order valence-electron chi connectivity index (χ4n) is 3.36. The van der Waals surface area contributed by atoms with Crippen LogP contribution in [-0.2, 0) is 17.9 Å². The molecule has 1 saturated heterocycles. The van der Waals surface area contributed by atoms with Crippen molar-refractivity contribution in [1.82, 2.24) is 19.8 Å². The highest BCUT2D eigenvalue weighted by Gasteiger charge is 2.31. The molecule has 0 radical (unpaired) electrons. The number of H-pyrrole nitrogens is 1. The first kappa shape index (κ1) is 17.6. The lowest BCUT2D eigenvalue weighted by Crippen LogP contribution is -2.45. The van der Waals surface area contributed by atoms with E-state index in [1.807, 2.05) is 11.1 Å². The number of aromatic amines is 1. The van der Waals surface area contributed by atoms with Crippen LogP contribution in [0.15, 0.2) is 36.8 Å². The topological polar surface area (TPSA) is 52.2 Å². The van der Waals surface area contributed by atoms with E-state index in [4.69, 9.17) is 0 Å². The third kappa shape index (κ3) is 4.45. The number of hydrogen-bond donors (Lipinski definition) is 1. The summed E-state index contributed by atoms with van der Waals surface area (Å²) < 4.78 is 13.1. The minimum Gasteiger partial charge on any atom is -0.347 e. The van der Waals surface area contributed by atoms with E-state index in [0.29, 0.717) is 18.9 Å². The zero-order valence-corrected chi connectivity index (χ0v) is 14.8. The van der Waals surface area contributed by atoms with Crippen LogP contribution in [0.25, 0.3) is 0 Å². The van der Waals surface area contributed by atoms with Crippen LogP contribution in [0, 0.1) is 11.7 Å². The van der Waals surface area contributed by atoms with Crippen LogP contribution >= 0.6 is 0 Å². The van der Waals surface area contributed by atoms with Crippen LogP contribution in [-0.4, -0.2) is 44.8 Å². The summed E-state index contributed by atoms with van der Waals surface area (Å²) in [5.74, 6) is 0.249. The third-order valence-corrected chi connectivity index (χ3v) is 4.79. The van der Waals surface area contributed by atoms with Gasteiger partial charge in [0.15, 0.2) is 0 Å². The van der Waals surface area contributed by atoms with Crippen molar-refractivity contribution >= 4 is 5.91 Å². The Bertz CT molecular complexity index is 684. The van der Waals surface area contributed by atoms with Gasteiger partial charge in [-0.3, -0.25) is 9.69 Å². The third-order valence-electron chi connectivity index (χ3n) is 4.79. The molecule has 25 heavy (non-hydrogen) atoms. The number of rotatable bonds is 5. The molecule has 0 aliphatic carbocycles. The zero-order chi connectivity index (χ0) is 17.8. The summed E-state index contributed by atoms with van der Waals surface area (Å²) in [6, 6.07) is 6.54. The van der Waals surface area contributed by atoms with Crippen LogP contribution in [0.4, 0.5) is 4.39 Å². The van der Waals surface area contributed by atoms with Gasteiger partial charge in [0.1, 0.15) is 5.82 Å². The van der Waals surface area contributed by atoms with E-state index in [-0.39, 0.29) is 17.8 Å². The van der Waals surface area contributed by atoms with E-state index in [9.17, 15) is 9.18 Å². The lowest BCUT2D eigenvalue weighted by molar-refractivity contribution is -0.134. The number of carbonyl (C=O) groups excluding carboxylic acids is 1. The Morgan fingerprint density at radius 1 is 1.28 bits per heavy atom. The number of imidazole rings is 1. The first-order chi connectivity index (χ1) is 12.0. The molecule has 1 aliphatic heterocycles. The lowest BCUT2D eigenvalue weighted by atomic mass is 10.0. The molecule has 1 aromatic carbocycles. The van der Waals surface area contributed by atoms with Crippen molar-refractivity contribution in [1.29, 1.82) is 0 Å². The Hall–Kier alpha value is -2.21. The number of benzene rings is 1. The number of aromatic nitrogens is 2. The average Bonchev–Trinajstić information content (AvgIpc) is 3.04. The SMILES string of the molecule is CC(C)[C@@H]1CN(Cc2cnc[nH]2)CCC(=O)N1Cc1ccc(F)cc1. The largest absolute Gasteiger partial charge is 0.347 e. The maximum Gasteiger partial charge on any atom is 0.224 e. The van der Waals surface area contributed by atoms with Crippen LogP contribution < -0.4 is 0 Å². The Morgan fingerprint density at radius 3 is 2.68 bits per heavy atom. The van der Waals surface area contributed by atoms with Crippen molar-refractivity contribution in [3.63, 3.8) is 0 Å². The summed E-state index contributed by atoms with van der Waals surface area (Å²) in [5.41, 5.74) is 2.02. The summed E-state index contributed by atoms with van der Waals surface area (Å²) in [6.07, 6.45) is 4.00. The summed E-state index contributed by atoms with van der Waals surface area (Å²) in [6.45, 7) is 7.15. The molecule has 3 rings (SSSR count). The van der Waals surface area contributed by atoms with E-state index in [1.54, 1.807) is 18.5 Å². The summed E-state index contributed by atoms with van der Waals surface area (Å²) in [4.78, 5) is 24.2. The molecule has 1 atom stereocenters. The Kier molecular flexibility index (Phi) is 5.48. The maximum absolute atomic E-state index is 13.1. The second-order valence-electron chi connectivity index (χ2n) is 7.02. The quantitative estimate of drug-likeness (QED) is 0.907. The highest BCUT2D eigenvalue weighted by Crippen LogP contribution is 2.22. The van der Waals surface area contributed by atoms with Crippen molar-refractivity contribution in [3.05, 3.63) is 53.9 Å². The molecule has 0 spiro atoms. The van der Waals surface area contributed by atoms with Gasteiger partial charge in [-0.2, -0.15) is 0 Å². The highest BCUT2D eigenvalue weighted by atomic mass is 19.1. The van der Waals surface area contributed by atoms with Gasteiger partial charge in [0.05, 0.1) is 6.33 Å². The Morgan fingerprint density at radius 2 is 2.04 bits per heavy atom. The van der Waals surface area contributed by atoms with Crippen LogP contribution in [0.5, 0.6) is 0 Å². The first-order valence-electron chi connectivity index (χ1n) is 8.76. The molecule has 134 valence electrons. The fourth-order valence-corrected chi connectivity index (χ4v) is 3.36. The van der Waals surface area contributed by atoms with Gasteiger partial charge in [0.25, 0.3) is 0 Å². The van der Waals surface area contributed by atoms with Gasteiger partial charge in [0.2, 0.25) is 5.91 Å². The van der Waals surface area contributed by atoms with Gasteiger partial charge in [-0.05, 0) is 23.6 Å². The van der Waals surface area contributed by atoms with E-state index < -0.39 is 0 Å². The molecular formula is C19H25FN4O. The number of nitrogens with one attached hydrogen (secondary N) is 1. The van der Waals surface area contributed by atoms with Gasteiger partial charge in [-0.1, -0.05) is 26.0 Å². The van der Waals surface area contributed by atoms with Crippen molar-refractivity contribution in [2.75, 3.05) is 13.1 Å². The molecule has 0 saturated carbocycles. The summed E-state index contributed by atoms with van der Waals surface area (Å²) >= 11 is 0. The predicted molar refractivity (Wildman–Crippen MR) is 94.1 cm³/mol. The van der Waals surface area contributed by atoms with Crippen LogP contribution in [0.3, 0.4) is 0 Å². The van der Waals surface area contributed by atoms with E-state index in [0.717, 1.165) is 30.9 Å². The van der Waals surface area contributed by atoms with Gasteiger partial charge in [-0.25, -0.2) is 9.37 Å². The number of halogens is 1. The van der Waals surface area contributed by atoms with Crippen LogP contribution in [0.2, 0.25) is 0 Å². The molecule has 1 fully saturated rings. The van der Waals surface area contributed by atoms with Crippen LogP contribution in [0.1, 0.15) is 31.5 Å². The van der Waals surface area contributed by atoms with Gasteiger partial charge >= 0.3 is 0 Å².